The van der Waals surface area contributed by atoms with Crippen molar-refractivity contribution in [2.75, 3.05) is 17.9 Å². The van der Waals surface area contributed by atoms with Gasteiger partial charge in [-0.15, -0.1) is 13.2 Å². The van der Waals surface area contributed by atoms with E-state index < -0.39 is 6.36 Å². The van der Waals surface area contributed by atoms with Crippen LogP contribution in [0.3, 0.4) is 0 Å². The molecule has 0 bridgehead atoms. The lowest BCUT2D eigenvalue weighted by atomic mass is 10.2. The van der Waals surface area contributed by atoms with Crippen LogP contribution in [0.5, 0.6) is 11.5 Å². The average molecular weight is 515 g/mol. The van der Waals surface area contributed by atoms with Gasteiger partial charge in [0.25, 0.3) is 0 Å². The molecule has 0 amide bonds. The van der Waals surface area contributed by atoms with Crippen LogP contribution < -0.4 is 20.2 Å². The van der Waals surface area contributed by atoms with Crippen LogP contribution in [-0.4, -0.2) is 34.6 Å². The van der Waals surface area contributed by atoms with Gasteiger partial charge >= 0.3 is 6.36 Å². The van der Waals surface area contributed by atoms with Crippen LogP contribution in [0.4, 0.5) is 30.8 Å². The normalized spacial score (nSPS) is 11.4. The smallest absolute Gasteiger partial charge is 0.497 e. The number of benzene rings is 3. The zero-order valence-corrected chi connectivity index (χ0v) is 19.4. The summed E-state index contributed by atoms with van der Waals surface area (Å²) in [6.07, 6.45) is -3.35. The molecular formula is C24H18ClF3N6O2. The predicted octanol–water partition coefficient (Wildman–Crippen LogP) is 6.29. The molecule has 0 saturated heterocycles. The van der Waals surface area contributed by atoms with Gasteiger partial charge < -0.3 is 14.8 Å². The van der Waals surface area contributed by atoms with E-state index in [4.69, 9.17) is 16.3 Å². The van der Waals surface area contributed by atoms with Gasteiger partial charge in [-0.2, -0.15) is 20.1 Å². The van der Waals surface area contributed by atoms with Crippen molar-refractivity contribution >= 4 is 35.4 Å². The molecule has 1 heterocycles. The standard InChI is InChI=1S/C24H18ClF3N6O2/c1-35-19-12-4-16(5-13-19)21-31-22(30-18-8-6-17(25)7-9-18)33-23(32-21)34-29-14-15-2-10-20(11-3-15)36-24(26,27)28/h2-14H,1H3,(H2,30,31,32,33,34)/b29-14+. The molecule has 12 heteroatoms. The Bertz CT molecular complexity index is 1330. The highest BCUT2D eigenvalue weighted by Crippen LogP contribution is 2.24. The summed E-state index contributed by atoms with van der Waals surface area (Å²) in [7, 11) is 1.57. The molecule has 2 N–H and O–H groups in total. The first-order valence-corrected chi connectivity index (χ1v) is 10.7. The first kappa shape index (κ1) is 24.7. The number of nitrogens with one attached hydrogen (secondary N) is 2. The second-order valence-electron chi connectivity index (χ2n) is 7.15. The Morgan fingerprint density at radius 2 is 1.47 bits per heavy atom. The van der Waals surface area contributed by atoms with Crippen molar-refractivity contribution in [1.29, 1.82) is 0 Å². The summed E-state index contributed by atoms with van der Waals surface area (Å²) < 4.78 is 46.0. The number of methoxy groups -OCH3 is 1. The van der Waals surface area contributed by atoms with E-state index in [9.17, 15) is 13.2 Å². The second kappa shape index (κ2) is 10.9. The molecule has 0 fully saturated rings. The number of nitrogens with zero attached hydrogens (tertiary/aromatic N) is 4. The molecule has 8 nitrogen and oxygen atoms in total. The van der Waals surface area contributed by atoms with Crippen LogP contribution in [-0.2, 0) is 0 Å². The number of hydrogen-bond acceptors (Lipinski definition) is 8. The zero-order valence-electron chi connectivity index (χ0n) is 18.6. The Labute approximate surface area is 208 Å². The van der Waals surface area contributed by atoms with Crippen molar-refractivity contribution < 1.29 is 22.6 Å². The highest BCUT2D eigenvalue weighted by Gasteiger charge is 2.30. The Kier molecular flexibility index (Phi) is 7.50. The first-order valence-electron chi connectivity index (χ1n) is 10.4. The summed E-state index contributed by atoms with van der Waals surface area (Å²) in [5, 5.41) is 7.76. The summed E-state index contributed by atoms with van der Waals surface area (Å²) in [5.41, 5.74) is 4.68. The predicted molar refractivity (Wildman–Crippen MR) is 131 cm³/mol. The van der Waals surface area contributed by atoms with E-state index in [1.165, 1.54) is 30.5 Å². The lowest BCUT2D eigenvalue weighted by Gasteiger charge is -2.09. The van der Waals surface area contributed by atoms with Gasteiger partial charge in [0.05, 0.1) is 13.3 Å². The molecule has 1 aromatic heterocycles. The van der Waals surface area contributed by atoms with Gasteiger partial charge in [-0.25, -0.2) is 5.43 Å². The molecule has 0 unspecified atom stereocenters. The fourth-order valence-electron chi connectivity index (χ4n) is 2.93. The van der Waals surface area contributed by atoms with Crippen LogP contribution in [0.15, 0.2) is 77.9 Å². The summed E-state index contributed by atoms with van der Waals surface area (Å²) in [5.74, 6) is 1.12. The zero-order chi connectivity index (χ0) is 25.5. The number of hydrazone groups is 1. The molecule has 184 valence electrons. The summed E-state index contributed by atoms with van der Waals surface area (Å²) in [6, 6.07) is 19.4. The molecule has 0 aliphatic rings. The minimum absolute atomic E-state index is 0.139. The van der Waals surface area contributed by atoms with E-state index in [1.807, 2.05) is 0 Å². The lowest BCUT2D eigenvalue weighted by molar-refractivity contribution is -0.274. The Balaban J connectivity index is 1.55. The van der Waals surface area contributed by atoms with Gasteiger partial charge in [0.2, 0.25) is 11.9 Å². The maximum Gasteiger partial charge on any atom is 0.573 e. The molecule has 36 heavy (non-hydrogen) atoms. The Morgan fingerprint density at radius 1 is 0.833 bits per heavy atom. The molecule has 4 aromatic rings. The van der Waals surface area contributed by atoms with E-state index in [0.717, 1.165) is 0 Å². The van der Waals surface area contributed by atoms with E-state index in [2.05, 4.69) is 35.5 Å². The maximum absolute atomic E-state index is 12.3. The summed E-state index contributed by atoms with van der Waals surface area (Å²) in [4.78, 5) is 13.2. The number of hydrogen-bond donors (Lipinski definition) is 2. The number of aromatic nitrogens is 3. The maximum atomic E-state index is 12.3. The molecule has 4 rings (SSSR count). The van der Waals surface area contributed by atoms with E-state index in [-0.39, 0.29) is 17.6 Å². The van der Waals surface area contributed by atoms with Crippen LogP contribution >= 0.6 is 11.6 Å². The van der Waals surface area contributed by atoms with Crippen LogP contribution in [0.25, 0.3) is 11.4 Å². The number of rotatable bonds is 8. The quantitative estimate of drug-likeness (QED) is 0.211. The average Bonchev–Trinajstić information content (AvgIpc) is 2.85. The molecule has 0 aliphatic carbocycles. The molecule has 0 aliphatic heterocycles. The molecule has 0 spiro atoms. The van der Waals surface area contributed by atoms with Crippen molar-refractivity contribution in [3.05, 3.63) is 83.4 Å². The summed E-state index contributed by atoms with van der Waals surface area (Å²) in [6.45, 7) is 0. The van der Waals surface area contributed by atoms with Crippen molar-refractivity contribution in [1.82, 2.24) is 15.0 Å². The third kappa shape index (κ3) is 7.06. The largest absolute Gasteiger partial charge is 0.573 e. The lowest BCUT2D eigenvalue weighted by Crippen LogP contribution is -2.17. The van der Waals surface area contributed by atoms with E-state index in [0.29, 0.717) is 33.4 Å². The fourth-order valence-corrected chi connectivity index (χ4v) is 3.06. The summed E-state index contributed by atoms with van der Waals surface area (Å²) >= 11 is 5.95. The SMILES string of the molecule is COc1ccc(-c2nc(N/N=C/c3ccc(OC(F)(F)F)cc3)nc(Nc3ccc(Cl)cc3)n2)cc1. The Morgan fingerprint density at radius 3 is 2.11 bits per heavy atom. The molecule has 0 atom stereocenters. The third-order valence-electron chi connectivity index (χ3n) is 4.58. The number of anilines is 3. The van der Waals surface area contributed by atoms with Crippen molar-refractivity contribution in [3.8, 4) is 22.9 Å². The first-order chi connectivity index (χ1) is 17.3. The number of halogens is 4. The highest BCUT2D eigenvalue weighted by molar-refractivity contribution is 6.30. The minimum Gasteiger partial charge on any atom is -0.497 e. The van der Waals surface area contributed by atoms with Crippen LogP contribution in [0, 0.1) is 0 Å². The van der Waals surface area contributed by atoms with E-state index in [1.54, 1.807) is 55.6 Å². The topological polar surface area (TPSA) is 93.5 Å². The van der Waals surface area contributed by atoms with Crippen molar-refractivity contribution in [2.45, 2.75) is 6.36 Å². The van der Waals surface area contributed by atoms with Crippen molar-refractivity contribution in [2.24, 2.45) is 5.10 Å². The Hall–Kier alpha value is -4.38. The van der Waals surface area contributed by atoms with Gasteiger partial charge in [0, 0.05) is 16.3 Å². The van der Waals surface area contributed by atoms with Crippen LogP contribution in [0.1, 0.15) is 5.56 Å². The van der Waals surface area contributed by atoms with Gasteiger partial charge in [-0.1, -0.05) is 11.6 Å². The van der Waals surface area contributed by atoms with Gasteiger partial charge in [-0.05, 0) is 78.4 Å². The van der Waals surface area contributed by atoms with E-state index >= 15 is 0 Å². The highest BCUT2D eigenvalue weighted by atomic mass is 35.5. The molecule has 3 aromatic carbocycles. The molecular weight excluding hydrogens is 497 g/mol. The number of ether oxygens (including phenoxy) is 2. The van der Waals surface area contributed by atoms with Crippen LogP contribution in [0.2, 0.25) is 5.02 Å². The van der Waals surface area contributed by atoms with Gasteiger partial charge in [0.1, 0.15) is 11.5 Å². The fraction of sp³-hybridized carbons (Fsp3) is 0.0833. The molecule has 0 saturated carbocycles. The van der Waals surface area contributed by atoms with Gasteiger partial charge in [-0.3, -0.25) is 0 Å². The third-order valence-corrected chi connectivity index (χ3v) is 4.83. The molecule has 0 radical (unpaired) electrons. The van der Waals surface area contributed by atoms with Gasteiger partial charge in [0.15, 0.2) is 5.82 Å². The van der Waals surface area contributed by atoms with Crippen molar-refractivity contribution in [3.63, 3.8) is 0 Å². The number of alkyl halides is 3. The monoisotopic (exact) mass is 514 g/mol. The minimum atomic E-state index is -4.75. The second-order valence-corrected chi connectivity index (χ2v) is 7.59.